The number of rotatable bonds is 10. The quantitative estimate of drug-likeness (QED) is 0.249. The molecule has 5 rings (SSSR count). The van der Waals surface area contributed by atoms with E-state index in [0.717, 1.165) is 53.1 Å². The number of carbonyl (C=O) groups is 2. The Bertz CT molecular complexity index is 1420. The highest BCUT2D eigenvalue weighted by molar-refractivity contribution is 5.90. The van der Waals surface area contributed by atoms with Gasteiger partial charge in [-0.25, -0.2) is 0 Å². The van der Waals surface area contributed by atoms with Gasteiger partial charge in [-0.15, -0.1) is 0 Å². The third-order valence-electron chi connectivity index (χ3n) is 7.76. The summed E-state index contributed by atoms with van der Waals surface area (Å²) in [6.07, 6.45) is 5.87. The SMILES string of the molecule is Cc1cccc(CN(C(=O)COc2cccc3ccccc23)C(Cc2ccccc2)C(=O)NC2CCCCC2)c1. The Labute approximate surface area is 237 Å². The van der Waals surface area contributed by atoms with E-state index >= 15 is 0 Å². The summed E-state index contributed by atoms with van der Waals surface area (Å²) in [4.78, 5) is 29.6. The Morgan fingerprint density at radius 2 is 1.55 bits per heavy atom. The summed E-state index contributed by atoms with van der Waals surface area (Å²) >= 11 is 0. The van der Waals surface area contributed by atoms with Crippen molar-refractivity contribution in [1.82, 2.24) is 10.2 Å². The van der Waals surface area contributed by atoms with E-state index < -0.39 is 6.04 Å². The minimum Gasteiger partial charge on any atom is -0.483 e. The average molecular weight is 535 g/mol. The number of ether oxygens (including phenoxy) is 1. The number of carbonyl (C=O) groups excluding carboxylic acids is 2. The smallest absolute Gasteiger partial charge is 0.261 e. The molecule has 1 N–H and O–H groups in total. The summed E-state index contributed by atoms with van der Waals surface area (Å²) < 4.78 is 6.13. The lowest BCUT2D eigenvalue weighted by Crippen LogP contribution is -2.53. The molecule has 206 valence electrons. The second-order valence-corrected chi connectivity index (χ2v) is 10.8. The normalized spacial score (nSPS) is 14.4. The zero-order chi connectivity index (χ0) is 27.7. The molecule has 0 aliphatic heterocycles. The summed E-state index contributed by atoms with van der Waals surface area (Å²) in [5.74, 6) is 0.351. The molecule has 1 unspecified atom stereocenters. The van der Waals surface area contributed by atoms with E-state index in [-0.39, 0.29) is 24.5 Å². The summed E-state index contributed by atoms with van der Waals surface area (Å²) in [6.45, 7) is 2.22. The molecule has 0 radical (unpaired) electrons. The lowest BCUT2D eigenvalue weighted by atomic mass is 9.94. The van der Waals surface area contributed by atoms with Gasteiger partial charge in [0.2, 0.25) is 5.91 Å². The molecule has 0 spiro atoms. The lowest BCUT2D eigenvalue weighted by Gasteiger charge is -2.33. The summed E-state index contributed by atoms with van der Waals surface area (Å²) in [5.41, 5.74) is 3.12. The Hall–Kier alpha value is -4.12. The van der Waals surface area contributed by atoms with Gasteiger partial charge < -0.3 is 15.0 Å². The van der Waals surface area contributed by atoms with Gasteiger partial charge in [0.05, 0.1) is 0 Å². The molecule has 1 atom stereocenters. The number of nitrogens with one attached hydrogen (secondary N) is 1. The van der Waals surface area contributed by atoms with E-state index in [9.17, 15) is 9.59 Å². The van der Waals surface area contributed by atoms with Crippen LogP contribution in [0.3, 0.4) is 0 Å². The van der Waals surface area contributed by atoms with E-state index in [1.807, 2.05) is 97.9 Å². The van der Waals surface area contributed by atoms with Crippen LogP contribution in [0.25, 0.3) is 10.8 Å². The molecular formula is C35H38N2O3. The fourth-order valence-electron chi connectivity index (χ4n) is 5.65. The standard InChI is InChI=1S/C35H38N2O3/c1-26-12-10-15-28(22-26)24-37(34(38)25-40-33-21-11-17-29-16-8-9-20-31(29)33)32(23-27-13-4-2-5-14-27)35(39)36-30-18-6-3-7-19-30/h2,4-5,8-17,20-22,30,32H,3,6-7,18-19,23-25H2,1H3,(H,36,39). The van der Waals surface area contributed by atoms with Crippen LogP contribution >= 0.6 is 0 Å². The van der Waals surface area contributed by atoms with Gasteiger partial charge in [0.25, 0.3) is 5.91 Å². The molecule has 2 amide bonds. The molecular weight excluding hydrogens is 496 g/mol. The predicted molar refractivity (Wildman–Crippen MR) is 160 cm³/mol. The highest BCUT2D eigenvalue weighted by atomic mass is 16.5. The average Bonchev–Trinajstić information content (AvgIpc) is 2.98. The van der Waals surface area contributed by atoms with Crippen LogP contribution in [-0.4, -0.2) is 35.4 Å². The van der Waals surface area contributed by atoms with E-state index in [1.165, 1.54) is 6.42 Å². The molecule has 1 saturated carbocycles. The van der Waals surface area contributed by atoms with Crippen LogP contribution in [0.1, 0.15) is 48.8 Å². The van der Waals surface area contributed by atoms with Gasteiger partial charge in [0, 0.05) is 24.4 Å². The van der Waals surface area contributed by atoms with Gasteiger partial charge in [-0.05, 0) is 42.3 Å². The zero-order valence-electron chi connectivity index (χ0n) is 23.2. The number of aryl methyl sites for hydroxylation is 1. The molecule has 4 aromatic rings. The zero-order valence-corrected chi connectivity index (χ0v) is 23.2. The molecule has 5 nitrogen and oxygen atoms in total. The van der Waals surface area contributed by atoms with Crippen molar-refractivity contribution in [3.63, 3.8) is 0 Å². The molecule has 0 heterocycles. The number of benzene rings is 4. The summed E-state index contributed by atoms with van der Waals surface area (Å²) in [5, 5.41) is 5.31. The summed E-state index contributed by atoms with van der Waals surface area (Å²) in [7, 11) is 0. The van der Waals surface area contributed by atoms with E-state index in [2.05, 4.69) is 11.4 Å². The number of hydrogen-bond donors (Lipinski definition) is 1. The minimum atomic E-state index is -0.659. The molecule has 5 heteroatoms. The maximum Gasteiger partial charge on any atom is 0.261 e. The highest BCUT2D eigenvalue weighted by Crippen LogP contribution is 2.26. The molecule has 0 aromatic heterocycles. The van der Waals surface area contributed by atoms with Crippen molar-refractivity contribution >= 4 is 22.6 Å². The second-order valence-electron chi connectivity index (χ2n) is 10.8. The topological polar surface area (TPSA) is 58.6 Å². The van der Waals surface area contributed by atoms with Gasteiger partial charge in [0.1, 0.15) is 11.8 Å². The maximum atomic E-state index is 14.0. The van der Waals surface area contributed by atoms with Crippen LogP contribution in [0.5, 0.6) is 5.75 Å². The number of amides is 2. The number of hydrogen-bond acceptors (Lipinski definition) is 3. The Kier molecular flexibility index (Phi) is 9.12. The molecule has 4 aromatic carbocycles. The van der Waals surface area contributed by atoms with Crippen molar-refractivity contribution in [2.75, 3.05) is 6.61 Å². The Morgan fingerprint density at radius 1 is 0.850 bits per heavy atom. The van der Waals surface area contributed by atoms with E-state index in [4.69, 9.17) is 4.74 Å². The largest absolute Gasteiger partial charge is 0.483 e. The lowest BCUT2D eigenvalue weighted by molar-refractivity contribution is -0.143. The number of nitrogens with zero attached hydrogens (tertiary/aromatic N) is 1. The fourth-order valence-corrected chi connectivity index (χ4v) is 5.65. The van der Waals surface area contributed by atoms with Crippen LogP contribution in [0.15, 0.2) is 97.1 Å². The summed E-state index contributed by atoms with van der Waals surface area (Å²) in [6, 6.07) is 31.4. The molecule has 1 fully saturated rings. The van der Waals surface area contributed by atoms with E-state index in [1.54, 1.807) is 4.90 Å². The molecule has 1 aliphatic rings. The third kappa shape index (κ3) is 7.09. The first-order valence-corrected chi connectivity index (χ1v) is 14.4. The monoisotopic (exact) mass is 534 g/mol. The fraction of sp³-hybridized carbons (Fsp3) is 0.314. The molecule has 0 saturated heterocycles. The van der Waals surface area contributed by atoms with Crippen molar-refractivity contribution in [2.45, 2.75) is 64.1 Å². The van der Waals surface area contributed by atoms with Crippen molar-refractivity contribution in [1.29, 1.82) is 0 Å². The van der Waals surface area contributed by atoms with Crippen LogP contribution in [-0.2, 0) is 22.6 Å². The first-order valence-electron chi connectivity index (χ1n) is 14.4. The van der Waals surface area contributed by atoms with Crippen molar-refractivity contribution < 1.29 is 14.3 Å². The molecule has 0 bridgehead atoms. The van der Waals surface area contributed by atoms with Gasteiger partial charge in [-0.1, -0.05) is 116 Å². The minimum absolute atomic E-state index is 0.0954. The van der Waals surface area contributed by atoms with Crippen LogP contribution in [0, 0.1) is 6.92 Å². The maximum absolute atomic E-state index is 14.0. The first kappa shape index (κ1) is 27.4. The van der Waals surface area contributed by atoms with Gasteiger partial charge in [0.15, 0.2) is 6.61 Å². The number of fused-ring (bicyclic) bond motifs is 1. The Balaban J connectivity index is 1.43. The van der Waals surface area contributed by atoms with Gasteiger partial charge in [-0.2, -0.15) is 0 Å². The Morgan fingerprint density at radius 3 is 2.35 bits per heavy atom. The van der Waals surface area contributed by atoms with Crippen molar-refractivity contribution in [2.24, 2.45) is 0 Å². The van der Waals surface area contributed by atoms with Gasteiger partial charge in [-0.3, -0.25) is 9.59 Å². The first-order chi connectivity index (χ1) is 19.6. The highest BCUT2D eigenvalue weighted by Gasteiger charge is 2.32. The van der Waals surface area contributed by atoms with Gasteiger partial charge >= 0.3 is 0 Å². The van der Waals surface area contributed by atoms with Crippen LogP contribution < -0.4 is 10.1 Å². The van der Waals surface area contributed by atoms with Crippen LogP contribution in [0.4, 0.5) is 0 Å². The van der Waals surface area contributed by atoms with Crippen LogP contribution in [0.2, 0.25) is 0 Å². The van der Waals surface area contributed by atoms with Crippen molar-refractivity contribution in [3.8, 4) is 5.75 Å². The third-order valence-corrected chi connectivity index (χ3v) is 7.76. The van der Waals surface area contributed by atoms with Crippen molar-refractivity contribution in [3.05, 3.63) is 114 Å². The molecule has 1 aliphatic carbocycles. The molecule has 40 heavy (non-hydrogen) atoms. The van der Waals surface area contributed by atoms with E-state index in [0.29, 0.717) is 18.7 Å². The second kappa shape index (κ2) is 13.3. The predicted octanol–water partition coefficient (Wildman–Crippen LogP) is 6.62.